The van der Waals surface area contributed by atoms with Crippen molar-refractivity contribution in [1.82, 2.24) is 10.2 Å². The second-order valence-electron chi connectivity index (χ2n) is 5.62. The number of aryl methyl sites for hydroxylation is 1. The highest BCUT2D eigenvalue weighted by atomic mass is 16.3. The molecular formula is C15H26N2O. The molecule has 0 bridgehead atoms. The molecule has 0 amide bonds. The number of nitrogens with one attached hydrogen (secondary N) is 1. The van der Waals surface area contributed by atoms with E-state index in [1.165, 1.54) is 32.4 Å². The Morgan fingerprint density at radius 3 is 3.11 bits per heavy atom. The van der Waals surface area contributed by atoms with Gasteiger partial charge in [-0.15, -0.1) is 0 Å². The highest BCUT2D eigenvalue weighted by Gasteiger charge is 2.16. The van der Waals surface area contributed by atoms with Crippen molar-refractivity contribution in [3.05, 3.63) is 24.2 Å². The van der Waals surface area contributed by atoms with E-state index in [0.717, 1.165) is 18.6 Å². The molecule has 1 saturated heterocycles. The fourth-order valence-corrected chi connectivity index (χ4v) is 2.71. The van der Waals surface area contributed by atoms with Gasteiger partial charge in [0, 0.05) is 18.5 Å². The van der Waals surface area contributed by atoms with Gasteiger partial charge in [0.15, 0.2) is 0 Å². The fourth-order valence-electron chi connectivity index (χ4n) is 2.71. The van der Waals surface area contributed by atoms with Crippen molar-refractivity contribution in [1.29, 1.82) is 0 Å². The third-order valence-corrected chi connectivity index (χ3v) is 3.88. The van der Waals surface area contributed by atoms with Crippen LogP contribution in [-0.4, -0.2) is 37.1 Å². The molecule has 2 heterocycles. The van der Waals surface area contributed by atoms with Gasteiger partial charge in [0.1, 0.15) is 5.76 Å². The predicted octanol–water partition coefficient (Wildman–Crippen LogP) is 2.67. The predicted molar refractivity (Wildman–Crippen MR) is 74.8 cm³/mol. The van der Waals surface area contributed by atoms with Crippen molar-refractivity contribution in [2.75, 3.05) is 20.1 Å². The van der Waals surface area contributed by atoms with E-state index in [0.29, 0.717) is 12.1 Å². The summed E-state index contributed by atoms with van der Waals surface area (Å²) in [5.41, 5.74) is 0. The fraction of sp³-hybridized carbons (Fsp3) is 0.733. The lowest BCUT2D eigenvalue weighted by Crippen LogP contribution is -2.37. The van der Waals surface area contributed by atoms with E-state index >= 15 is 0 Å². The number of hydrogen-bond donors (Lipinski definition) is 1. The van der Waals surface area contributed by atoms with Crippen molar-refractivity contribution in [2.45, 2.75) is 51.1 Å². The van der Waals surface area contributed by atoms with E-state index < -0.39 is 0 Å². The molecule has 2 rings (SSSR count). The average molecular weight is 250 g/mol. The average Bonchev–Trinajstić information content (AvgIpc) is 2.79. The first-order valence-corrected chi connectivity index (χ1v) is 7.21. The van der Waals surface area contributed by atoms with Crippen LogP contribution >= 0.6 is 0 Å². The molecule has 1 aliphatic rings. The second-order valence-corrected chi connectivity index (χ2v) is 5.62. The molecule has 2 unspecified atom stereocenters. The molecule has 3 nitrogen and oxygen atoms in total. The molecule has 1 aromatic heterocycles. The Labute approximate surface area is 111 Å². The topological polar surface area (TPSA) is 28.4 Å². The molecular weight excluding hydrogens is 224 g/mol. The maximum atomic E-state index is 5.37. The van der Waals surface area contributed by atoms with E-state index in [9.17, 15) is 0 Å². The molecule has 0 aromatic carbocycles. The molecule has 2 atom stereocenters. The van der Waals surface area contributed by atoms with Crippen LogP contribution in [0.3, 0.4) is 0 Å². The SMILES string of the molecule is CC(CCc1ccco1)NC1CCCN(C)CC1. The first kappa shape index (κ1) is 13.6. The van der Waals surface area contributed by atoms with Gasteiger partial charge in [-0.2, -0.15) is 0 Å². The lowest BCUT2D eigenvalue weighted by Gasteiger charge is -2.22. The van der Waals surface area contributed by atoms with Crippen LogP contribution in [0.15, 0.2) is 22.8 Å². The first-order valence-electron chi connectivity index (χ1n) is 7.21. The Bertz CT molecular complexity index is 323. The third kappa shape index (κ3) is 4.46. The Balaban J connectivity index is 1.68. The molecule has 0 aliphatic carbocycles. The maximum absolute atomic E-state index is 5.37. The van der Waals surface area contributed by atoms with E-state index in [1.54, 1.807) is 6.26 Å². The zero-order chi connectivity index (χ0) is 12.8. The summed E-state index contributed by atoms with van der Waals surface area (Å²) < 4.78 is 5.37. The normalized spacial score (nSPS) is 23.8. The summed E-state index contributed by atoms with van der Waals surface area (Å²) in [6.45, 7) is 4.76. The van der Waals surface area contributed by atoms with Crippen molar-refractivity contribution in [3.8, 4) is 0 Å². The molecule has 0 radical (unpaired) electrons. The number of furan rings is 1. The largest absolute Gasteiger partial charge is 0.469 e. The quantitative estimate of drug-likeness (QED) is 0.871. The summed E-state index contributed by atoms with van der Waals surface area (Å²) in [5, 5.41) is 3.77. The van der Waals surface area contributed by atoms with Gasteiger partial charge in [-0.25, -0.2) is 0 Å². The second kappa shape index (κ2) is 6.95. The lowest BCUT2D eigenvalue weighted by atomic mass is 10.1. The molecule has 3 heteroatoms. The summed E-state index contributed by atoms with van der Waals surface area (Å²) in [6.07, 6.45) is 7.86. The van der Waals surface area contributed by atoms with Gasteiger partial charge in [0.2, 0.25) is 0 Å². The first-order chi connectivity index (χ1) is 8.74. The lowest BCUT2D eigenvalue weighted by molar-refractivity contribution is 0.337. The van der Waals surface area contributed by atoms with E-state index in [1.807, 2.05) is 6.07 Å². The van der Waals surface area contributed by atoms with Crippen LogP contribution in [0.5, 0.6) is 0 Å². The summed E-state index contributed by atoms with van der Waals surface area (Å²) in [5.74, 6) is 1.10. The smallest absolute Gasteiger partial charge is 0.103 e. The van der Waals surface area contributed by atoms with E-state index in [4.69, 9.17) is 4.42 Å². The van der Waals surface area contributed by atoms with Crippen molar-refractivity contribution in [3.63, 3.8) is 0 Å². The van der Waals surface area contributed by atoms with Gasteiger partial charge in [0.05, 0.1) is 6.26 Å². The zero-order valence-electron chi connectivity index (χ0n) is 11.7. The number of rotatable bonds is 5. The molecule has 1 N–H and O–H groups in total. The minimum Gasteiger partial charge on any atom is -0.469 e. The van der Waals surface area contributed by atoms with Crippen LogP contribution in [0, 0.1) is 0 Å². The molecule has 1 aromatic rings. The van der Waals surface area contributed by atoms with Gasteiger partial charge in [-0.05, 0) is 64.9 Å². The monoisotopic (exact) mass is 250 g/mol. The van der Waals surface area contributed by atoms with E-state index in [-0.39, 0.29) is 0 Å². The van der Waals surface area contributed by atoms with Gasteiger partial charge < -0.3 is 14.6 Å². The minimum atomic E-state index is 0.573. The maximum Gasteiger partial charge on any atom is 0.103 e. The van der Waals surface area contributed by atoms with Crippen LogP contribution in [0.2, 0.25) is 0 Å². The Morgan fingerprint density at radius 1 is 1.44 bits per heavy atom. The van der Waals surface area contributed by atoms with E-state index in [2.05, 4.69) is 30.3 Å². The number of likely N-dealkylation sites (tertiary alicyclic amines) is 1. The van der Waals surface area contributed by atoms with Crippen LogP contribution in [0.4, 0.5) is 0 Å². The Kier molecular flexibility index (Phi) is 5.26. The van der Waals surface area contributed by atoms with Crippen molar-refractivity contribution in [2.24, 2.45) is 0 Å². The summed E-state index contributed by atoms with van der Waals surface area (Å²) in [6, 6.07) is 5.30. The molecule has 18 heavy (non-hydrogen) atoms. The number of hydrogen-bond acceptors (Lipinski definition) is 3. The molecule has 0 spiro atoms. The Hall–Kier alpha value is -0.800. The van der Waals surface area contributed by atoms with Gasteiger partial charge in [-0.3, -0.25) is 0 Å². The molecule has 102 valence electrons. The molecule has 1 fully saturated rings. The standard InChI is InChI=1S/C15H26N2O/c1-13(7-8-15-6-4-12-18-15)16-14-5-3-10-17(2)11-9-14/h4,6,12-14,16H,3,5,7-11H2,1-2H3. The van der Waals surface area contributed by atoms with Gasteiger partial charge in [0.25, 0.3) is 0 Å². The van der Waals surface area contributed by atoms with Crippen molar-refractivity contribution >= 4 is 0 Å². The minimum absolute atomic E-state index is 0.573. The van der Waals surface area contributed by atoms with Gasteiger partial charge in [-0.1, -0.05) is 0 Å². The molecule has 0 saturated carbocycles. The van der Waals surface area contributed by atoms with Crippen LogP contribution < -0.4 is 5.32 Å². The zero-order valence-corrected chi connectivity index (χ0v) is 11.7. The number of nitrogens with zero attached hydrogens (tertiary/aromatic N) is 1. The van der Waals surface area contributed by atoms with Crippen molar-refractivity contribution < 1.29 is 4.42 Å². The third-order valence-electron chi connectivity index (χ3n) is 3.88. The van der Waals surface area contributed by atoms with Crippen LogP contribution in [0.25, 0.3) is 0 Å². The van der Waals surface area contributed by atoms with Gasteiger partial charge >= 0.3 is 0 Å². The van der Waals surface area contributed by atoms with Crippen LogP contribution in [0.1, 0.15) is 38.4 Å². The molecule has 1 aliphatic heterocycles. The summed E-state index contributed by atoms with van der Waals surface area (Å²) >= 11 is 0. The highest BCUT2D eigenvalue weighted by Crippen LogP contribution is 2.12. The highest BCUT2D eigenvalue weighted by molar-refractivity contribution is 4.98. The van der Waals surface area contributed by atoms with Crippen LogP contribution in [-0.2, 0) is 6.42 Å². The summed E-state index contributed by atoms with van der Waals surface area (Å²) in [7, 11) is 2.22. The summed E-state index contributed by atoms with van der Waals surface area (Å²) in [4.78, 5) is 2.44. The Morgan fingerprint density at radius 2 is 2.33 bits per heavy atom.